The van der Waals surface area contributed by atoms with Crippen LogP contribution in [0.3, 0.4) is 0 Å². The first-order valence-electron chi connectivity index (χ1n) is 7.65. The van der Waals surface area contributed by atoms with Gasteiger partial charge in [-0.3, -0.25) is 0 Å². The Morgan fingerprint density at radius 1 is 0.696 bits per heavy atom. The van der Waals surface area contributed by atoms with Gasteiger partial charge in [-0.05, 0) is 61.1 Å². The standard InChI is InChI=1S/C19H24O4/c1-10-5-15(19(23)16(8-20)12(10)3)7-14-6-11(2)18(22)17(9-21)13(14)4/h5-6,20-23H,7-9H2,1-4H3. The van der Waals surface area contributed by atoms with Crippen LogP contribution in [0, 0.1) is 27.7 Å². The van der Waals surface area contributed by atoms with Crippen LogP contribution in [-0.2, 0) is 19.6 Å². The van der Waals surface area contributed by atoms with Crippen molar-refractivity contribution in [2.24, 2.45) is 0 Å². The molecule has 0 aliphatic carbocycles. The summed E-state index contributed by atoms with van der Waals surface area (Å²) in [4.78, 5) is 0. The van der Waals surface area contributed by atoms with Crippen LogP contribution < -0.4 is 0 Å². The Kier molecular flexibility index (Phi) is 4.97. The maximum atomic E-state index is 10.4. The van der Waals surface area contributed by atoms with Gasteiger partial charge in [0.15, 0.2) is 0 Å². The maximum absolute atomic E-state index is 10.4. The summed E-state index contributed by atoms with van der Waals surface area (Å²) in [6.45, 7) is 7.03. The van der Waals surface area contributed by atoms with E-state index in [2.05, 4.69) is 0 Å². The third-order valence-corrected chi connectivity index (χ3v) is 4.71. The summed E-state index contributed by atoms with van der Waals surface area (Å²) in [5, 5.41) is 39.5. The van der Waals surface area contributed by atoms with E-state index in [0.29, 0.717) is 23.1 Å². The SMILES string of the molecule is Cc1cc(Cc2cc(C)c(O)c(CO)c2C)c(O)c(CO)c1C. The molecule has 4 N–H and O–H groups in total. The number of rotatable bonds is 4. The third-order valence-electron chi connectivity index (χ3n) is 4.71. The molecule has 2 aromatic carbocycles. The highest BCUT2D eigenvalue weighted by molar-refractivity contribution is 5.54. The first-order valence-corrected chi connectivity index (χ1v) is 7.65. The van der Waals surface area contributed by atoms with E-state index in [1.54, 1.807) is 6.92 Å². The summed E-state index contributed by atoms with van der Waals surface area (Å²) < 4.78 is 0. The lowest BCUT2D eigenvalue weighted by atomic mass is 9.90. The van der Waals surface area contributed by atoms with Crippen molar-refractivity contribution >= 4 is 0 Å². The molecule has 0 saturated carbocycles. The van der Waals surface area contributed by atoms with E-state index in [0.717, 1.165) is 27.8 Å². The van der Waals surface area contributed by atoms with Crippen LogP contribution in [0.5, 0.6) is 11.5 Å². The first kappa shape index (κ1) is 17.3. The molecule has 0 spiro atoms. The van der Waals surface area contributed by atoms with E-state index in [1.165, 1.54) is 0 Å². The molecule has 0 heterocycles. The van der Waals surface area contributed by atoms with Gasteiger partial charge in [0, 0.05) is 17.5 Å². The summed E-state index contributed by atoms with van der Waals surface area (Å²) in [7, 11) is 0. The minimum atomic E-state index is -0.229. The fraction of sp³-hybridized carbons (Fsp3) is 0.368. The molecular formula is C19H24O4. The summed E-state index contributed by atoms with van der Waals surface area (Å²) in [6.07, 6.45) is 0.472. The van der Waals surface area contributed by atoms with E-state index >= 15 is 0 Å². The number of aliphatic hydroxyl groups excluding tert-OH is 2. The largest absolute Gasteiger partial charge is 0.507 e. The molecular weight excluding hydrogens is 292 g/mol. The third kappa shape index (κ3) is 3.05. The van der Waals surface area contributed by atoms with Gasteiger partial charge in [0.2, 0.25) is 0 Å². The molecule has 0 aromatic heterocycles. The Morgan fingerprint density at radius 3 is 1.78 bits per heavy atom. The molecule has 4 heteroatoms. The monoisotopic (exact) mass is 316 g/mol. The van der Waals surface area contributed by atoms with Crippen molar-refractivity contribution in [2.75, 3.05) is 0 Å². The Bertz CT molecular complexity index is 685. The second-order valence-corrected chi connectivity index (χ2v) is 6.10. The van der Waals surface area contributed by atoms with Gasteiger partial charge in [-0.15, -0.1) is 0 Å². The highest BCUT2D eigenvalue weighted by atomic mass is 16.3. The molecule has 0 bridgehead atoms. The number of aromatic hydroxyl groups is 2. The van der Waals surface area contributed by atoms with Gasteiger partial charge in [0.25, 0.3) is 0 Å². The fourth-order valence-corrected chi connectivity index (χ4v) is 3.01. The molecule has 4 nitrogen and oxygen atoms in total. The zero-order valence-corrected chi connectivity index (χ0v) is 14.1. The highest BCUT2D eigenvalue weighted by Gasteiger charge is 2.16. The zero-order chi connectivity index (χ0) is 17.3. The van der Waals surface area contributed by atoms with Crippen molar-refractivity contribution in [1.29, 1.82) is 0 Å². The second-order valence-electron chi connectivity index (χ2n) is 6.10. The average molecular weight is 316 g/mol. The van der Waals surface area contributed by atoms with Gasteiger partial charge in [0.05, 0.1) is 13.2 Å². The van der Waals surface area contributed by atoms with Gasteiger partial charge in [0.1, 0.15) is 11.5 Å². The number of hydrogen-bond donors (Lipinski definition) is 4. The quantitative estimate of drug-likeness (QED) is 0.699. The minimum absolute atomic E-state index is 0.117. The van der Waals surface area contributed by atoms with Crippen LogP contribution in [0.1, 0.15) is 44.5 Å². The summed E-state index contributed by atoms with van der Waals surface area (Å²) in [5.74, 6) is 0.236. The van der Waals surface area contributed by atoms with Crippen molar-refractivity contribution in [3.05, 3.63) is 56.6 Å². The van der Waals surface area contributed by atoms with Crippen LogP contribution in [0.2, 0.25) is 0 Å². The lowest BCUT2D eigenvalue weighted by Crippen LogP contribution is -2.02. The topological polar surface area (TPSA) is 80.9 Å². The molecule has 0 radical (unpaired) electrons. The van der Waals surface area contributed by atoms with Crippen LogP contribution in [0.25, 0.3) is 0 Å². The smallest absolute Gasteiger partial charge is 0.124 e. The van der Waals surface area contributed by atoms with Gasteiger partial charge >= 0.3 is 0 Å². The normalized spacial score (nSPS) is 11.0. The van der Waals surface area contributed by atoms with Gasteiger partial charge in [-0.25, -0.2) is 0 Å². The molecule has 2 rings (SSSR count). The van der Waals surface area contributed by atoms with Gasteiger partial charge in [-0.2, -0.15) is 0 Å². The predicted molar refractivity (Wildman–Crippen MR) is 89.8 cm³/mol. The number of phenols is 2. The van der Waals surface area contributed by atoms with Crippen LogP contribution in [0.15, 0.2) is 12.1 Å². The molecule has 0 aliphatic heterocycles. The Labute approximate surface area is 136 Å². The summed E-state index contributed by atoms with van der Waals surface area (Å²) in [5.41, 5.74) is 6.15. The van der Waals surface area contributed by atoms with Gasteiger partial charge < -0.3 is 20.4 Å². The summed E-state index contributed by atoms with van der Waals surface area (Å²) in [6, 6.07) is 3.79. The molecule has 0 aliphatic rings. The number of hydrogen-bond acceptors (Lipinski definition) is 4. The van der Waals surface area contributed by atoms with Crippen molar-refractivity contribution < 1.29 is 20.4 Å². The van der Waals surface area contributed by atoms with Crippen LogP contribution in [-0.4, -0.2) is 20.4 Å². The summed E-state index contributed by atoms with van der Waals surface area (Å²) >= 11 is 0. The molecule has 124 valence electrons. The molecule has 2 aromatic rings. The lowest BCUT2D eigenvalue weighted by Gasteiger charge is -2.17. The molecule has 0 fully saturated rings. The minimum Gasteiger partial charge on any atom is -0.507 e. The van der Waals surface area contributed by atoms with Crippen molar-refractivity contribution in [3.8, 4) is 11.5 Å². The van der Waals surface area contributed by atoms with E-state index in [-0.39, 0.29) is 24.7 Å². The van der Waals surface area contributed by atoms with Crippen LogP contribution >= 0.6 is 0 Å². The Hall–Kier alpha value is -2.04. The number of aliphatic hydroxyl groups is 2. The molecule has 23 heavy (non-hydrogen) atoms. The van der Waals surface area contributed by atoms with E-state index in [9.17, 15) is 20.4 Å². The van der Waals surface area contributed by atoms with Crippen LogP contribution in [0.4, 0.5) is 0 Å². The van der Waals surface area contributed by atoms with E-state index < -0.39 is 0 Å². The average Bonchev–Trinajstić information content (AvgIpc) is 2.51. The van der Waals surface area contributed by atoms with Crippen molar-refractivity contribution in [3.63, 3.8) is 0 Å². The zero-order valence-electron chi connectivity index (χ0n) is 14.1. The highest BCUT2D eigenvalue weighted by Crippen LogP contribution is 2.34. The fourth-order valence-electron chi connectivity index (χ4n) is 3.01. The molecule has 0 amide bonds. The Morgan fingerprint density at radius 2 is 1.22 bits per heavy atom. The lowest BCUT2D eigenvalue weighted by molar-refractivity contribution is 0.274. The van der Waals surface area contributed by atoms with Crippen molar-refractivity contribution in [1.82, 2.24) is 0 Å². The number of aryl methyl sites for hydroxylation is 2. The Balaban J connectivity index is 2.57. The van der Waals surface area contributed by atoms with E-state index in [4.69, 9.17) is 0 Å². The first-order chi connectivity index (χ1) is 10.8. The van der Waals surface area contributed by atoms with E-state index in [1.807, 2.05) is 32.9 Å². The predicted octanol–water partition coefficient (Wildman–Crippen LogP) is 2.91. The second kappa shape index (κ2) is 6.60. The molecule has 0 unspecified atom stereocenters. The molecule has 0 saturated heterocycles. The maximum Gasteiger partial charge on any atom is 0.124 e. The molecule has 0 atom stereocenters. The number of benzene rings is 2. The van der Waals surface area contributed by atoms with Crippen molar-refractivity contribution in [2.45, 2.75) is 47.3 Å². The van der Waals surface area contributed by atoms with Gasteiger partial charge in [-0.1, -0.05) is 12.1 Å².